The molecule has 1 saturated heterocycles. The highest BCUT2D eigenvalue weighted by Crippen LogP contribution is 2.29. The second kappa shape index (κ2) is 14.7. The monoisotopic (exact) mass is 524 g/mol. The number of hydrazine groups is 1. The van der Waals surface area contributed by atoms with Crippen LogP contribution in [0, 0.1) is 35.0 Å². The Morgan fingerprint density at radius 1 is 1.16 bits per heavy atom. The summed E-state index contributed by atoms with van der Waals surface area (Å²) in [6.45, 7) is 11.8. The molecule has 9 heteroatoms. The van der Waals surface area contributed by atoms with Gasteiger partial charge in [0.2, 0.25) is 0 Å². The number of benzene rings is 1. The smallest absolute Gasteiger partial charge is 0.271 e. The Morgan fingerprint density at radius 3 is 2.45 bits per heavy atom. The largest absolute Gasteiger partial charge is 0.338 e. The van der Waals surface area contributed by atoms with E-state index in [1.807, 2.05) is 11.0 Å². The van der Waals surface area contributed by atoms with E-state index in [1.54, 1.807) is 45.3 Å². The number of hydrogen-bond donors (Lipinski definition) is 0. The van der Waals surface area contributed by atoms with E-state index >= 15 is 0 Å². The number of amides is 3. The summed E-state index contributed by atoms with van der Waals surface area (Å²) in [6, 6.07) is 7.98. The summed E-state index contributed by atoms with van der Waals surface area (Å²) >= 11 is 0. The van der Waals surface area contributed by atoms with Crippen molar-refractivity contribution in [2.45, 2.75) is 72.8 Å². The normalized spacial score (nSPS) is 20.8. The highest BCUT2D eigenvalue weighted by Gasteiger charge is 2.48. The molecule has 4 unspecified atom stereocenters. The number of carbonyl (C=O) groups excluding carboxylic acids is 3. The molecular formula is C29H44N6O3. The van der Waals surface area contributed by atoms with Crippen LogP contribution in [0.4, 0.5) is 5.69 Å². The van der Waals surface area contributed by atoms with E-state index in [1.165, 1.54) is 5.01 Å². The van der Waals surface area contributed by atoms with E-state index < -0.39 is 29.7 Å². The highest BCUT2D eigenvalue weighted by molar-refractivity contribution is 6.02. The van der Waals surface area contributed by atoms with Crippen molar-refractivity contribution in [3.05, 3.63) is 29.8 Å². The molecule has 1 aromatic carbocycles. The zero-order chi connectivity index (χ0) is 28.4. The predicted molar refractivity (Wildman–Crippen MR) is 147 cm³/mol. The van der Waals surface area contributed by atoms with Gasteiger partial charge in [-0.1, -0.05) is 59.9 Å². The van der Waals surface area contributed by atoms with Crippen molar-refractivity contribution in [1.29, 1.82) is 5.26 Å². The zero-order valence-corrected chi connectivity index (χ0v) is 24.1. The summed E-state index contributed by atoms with van der Waals surface area (Å²) in [5.74, 6) is -1.78. The summed E-state index contributed by atoms with van der Waals surface area (Å²) in [4.78, 5) is 41.2. The molecule has 0 aliphatic carbocycles. The van der Waals surface area contributed by atoms with Crippen LogP contribution in [0.25, 0.3) is 0 Å². The van der Waals surface area contributed by atoms with E-state index in [0.717, 1.165) is 43.7 Å². The van der Waals surface area contributed by atoms with Crippen LogP contribution in [0.3, 0.4) is 0 Å². The number of rotatable bonds is 13. The SMILES string of the molecule is CCCCC(CC)CN(CCC(C)C)C(=O)c1cccc(N=NC2C(=O)N(N(C)C)C(=O)C(C#N)C2C)c1. The quantitative estimate of drug-likeness (QED) is 0.251. The number of nitriles is 1. The molecule has 1 aromatic rings. The number of piperidine rings is 1. The molecule has 1 aliphatic rings. The van der Waals surface area contributed by atoms with Crippen molar-refractivity contribution in [3.63, 3.8) is 0 Å². The van der Waals surface area contributed by atoms with E-state index in [2.05, 4.69) is 37.9 Å². The molecule has 38 heavy (non-hydrogen) atoms. The lowest BCUT2D eigenvalue weighted by Gasteiger charge is -2.37. The minimum atomic E-state index is -0.999. The van der Waals surface area contributed by atoms with Crippen molar-refractivity contribution >= 4 is 23.4 Å². The van der Waals surface area contributed by atoms with Crippen LogP contribution in [0.5, 0.6) is 0 Å². The van der Waals surface area contributed by atoms with Crippen molar-refractivity contribution in [2.24, 2.45) is 33.9 Å². The zero-order valence-electron chi connectivity index (χ0n) is 24.1. The third-order valence-electron chi connectivity index (χ3n) is 7.18. The molecule has 0 aromatic heterocycles. The molecule has 0 N–H and O–H groups in total. The van der Waals surface area contributed by atoms with E-state index in [0.29, 0.717) is 29.6 Å². The molecule has 0 radical (unpaired) electrons. The van der Waals surface area contributed by atoms with Crippen LogP contribution in [0.1, 0.15) is 77.1 Å². The topological polar surface area (TPSA) is 109 Å². The van der Waals surface area contributed by atoms with Crippen LogP contribution in [0.2, 0.25) is 0 Å². The molecular weight excluding hydrogens is 480 g/mol. The Kier molecular flexibility index (Phi) is 12.0. The number of azo groups is 1. The Labute approximate surface area is 227 Å². The average Bonchev–Trinajstić information content (AvgIpc) is 2.88. The summed E-state index contributed by atoms with van der Waals surface area (Å²) in [5.41, 5.74) is 0.970. The van der Waals surface area contributed by atoms with Crippen molar-refractivity contribution in [1.82, 2.24) is 14.9 Å². The minimum Gasteiger partial charge on any atom is -0.338 e. The number of carbonyl (C=O) groups is 3. The first-order valence-corrected chi connectivity index (χ1v) is 13.8. The first kappa shape index (κ1) is 31.1. The molecule has 9 nitrogen and oxygen atoms in total. The second-order valence-electron chi connectivity index (χ2n) is 10.9. The Morgan fingerprint density at radius 2 is 1.87 bits per heavy atom. The van der Waals surface area contributed by atoms with Gasteiger partial charge >= 0.3 is 0 Å². The van der Waals surface area contributed by atoms with Gasteiger partial charge in [0, 0.05) is 38.7 Å². The molecule has 1 heterocycles. The average molecular weight is 525 g/mol. The fourth-order valence-corrected chi connectivity index (χ4v) is 4.65. The lowest BCUT2D eigenvalue weighted by Crippen LogP contribution is -2.59. The third-order valence-corrected chi connectivity index (χ3v) is 7.18. The van der Waals surface area contributed by atoms with Crippen molar-refractivity contribution in [3.8, 4) is 6.07 Å². The van der Waals surface area contributed by atoms with Gasteiger partial charge in [-0.15, -0.1) is 0 Å². The molecule has 1 fully saturated rings. The lowest BCUT2D eigenvalue weighted by molar-refractivity contribution is -0.170. The Bertz CT molecular complexity index is 1030. The van der Waals surface area contributed by atoms with Crippen molar-refractivity contribution < 1.29 is 14.4 Å². The molecule has 0 spiro atoms. The van der Waals surface area contributed by atoms with Crippen LogP contribution in [-0.4, -0.2) is 65.9 Å². The molecule has 4 atom stereocenters. The van der Waals surface area contributed by atoms with Gasteiger partial charge in [-0.2, -0.15) is 15.5 Å². The fraction of sp³-hybridized carbons (Fsp3) is 0.655. The van der Waals surface area contributed by atoms with Gasteiger partial charge in [0.1, 0.15) is 5.92 Å². The maximum Gasteiger partial charge on any atom is 0.271 e. The number of unbranched alkanes of at least 4 members (excludes halogenated alkanes) is 1. The molecule has 0 bridgehead atoms. The molecule has 3 amide bonds. The fourth-order valence-electron chi connectivity index (χ4n) is 4.65. The van der Waals surface area contributed by atoms with E-state index in [9.17, 15) is 19.6 Å². The predicted octanol–water partition coefficient (Wildman–Crippen LogP) is 5.46. The number of hydrogen-bond acceptors (Lipinski definition) is 7. The van der Waals surface area contributed by atoms with Crippen molar-refractivity contribution in [2.75, 3.05) is 27.2 Å². The van der Waals surface area contributed by atoms with Gasteiger partial charge in [-0.25, -0.2) is 10.0 Å². The third kappa shape index (κ3) is 7.94. The van der Waals surface area contributed by atoms with Crippen LogP contribution >= 0.6 is 0 Å². The molecule has 2 rings (SSSR count). The maximum atomic E-state index is 13.6. The molecule has 0 saturated carbocycles. The summed E-state index contributed by atoms with van der Waals surface area (Å²) in [7, 11) is 3.14. The highest BCUT2D eigenvalue weighted by atomic mass is 16.2. The summed E-state index contributed by atoms with van der Waals surface area (Å²) in [6.07, 6.45) is 5.36. The van der Waals surface area contributed by atoms with Gasteiger partial charge in [-0.05, 0) is 42.9 Å². The lowest BCUT2D eigenvalue weighted by atomic mass is 9.84. The standard InChI is InChI=1S/C29H44N6O3/c1-8-10-12-22(9-2)19-34(16-15-20(3)4)27(36)23-13-11-14-24(17-23)31-32-26-21(5)25(18-30)28(37)35(29(26)38)33(6)7/h11,13-14,17,20-22,25-26H,8-10,12,15-16,19H2,1-7H3. The summed E-state index contributed by atoms with van der Waals surface area (Å²) < 4.78 is 0. The number of imide groups is 1. The van der Waals surface area contributed by atoms with Gasteiger partial charge in [0.25, 0.3) is 17.7 Å². The van der Waals surface area contributed by atoms with Crippen LogP contribution < -0.4 is 0 Å². The molecule has 208 valence electrons. The Hall–Kier alpha value is -3.12. The minimum absolute atomic E-state index is 0.0336. The van der Waals surface area contributed by atoms with Gasteiger partial charge in [-0.3, -0.25) is 14.4 Å². The van der Waals surface area contributed by atoms with Gasteiger partial charge in [0.05, 0.1) is 11.8 Å². The van der Waals surface area contributed by atoms with Gasteiger partial charge in [0.15, 0.2) is 6.04 Å². The molecule has 1 aliphatic heterocycles. The van der Waals surface area contributed by atoms with Gasteiger partial charge < -0.3 is 4.90 Å². The van der Waals surface area contributed by atoms with E-state index in [-0.39, 0.29) is 5.91 Å². The maximum absolute atomic E-state index is 13.6. The number of nitrogens with zero attached hydrogens (tertiary/aromatic N) is 6. The first-order chi connectivity index (χ1) is 18.0. The Balaban J connectivity index is 2.29. The first-order valence-electron chi connectivity index (χ1n) is 13.8. The second-order valence-corrected chi connectivity index (χ2v) is 10.9. The van der Waals surface area contributed by atoms with Crippen LogP contribution in [-0.2, 0) is 9.59 Å². The summed E-state index contributed by atoms with van der Waals surface area (Å²) in [5, 5.41) is 20.4. The van der Waals surface area contributed by atoms with Crippen LogP contribution in [0.15, 0.2) is 34.5 Å². The van der Waals surface area contributed by atoms with E-state index in [4.69, 9.17) is 0 Å².